The Morgan fingerprint density at radius 3 is 2.67 bits per heavy atom. The molecule has 0 radical (unpaired) electrons. The van der Waals surface area contributed by atoms with Crippen molar-refractivity contribution < 1.29 is 4.79 Å². The number of rotatable bonds is 2. The molecule has 0 aromatic carbocycles. The molecular weight excluding hydrogens is 188 g/mol. The van der Waals surface area contributed by atoms with Crippen molar-refractivity contribution >= 4 is 5.91 Å². The molecule has 0 aromatic rings. The molecule has 0 spiro atoms. The highest BCUT2D eigenvalue weighted by molar-refractivity contribution is 5.79. The molecular formula is C12H22N2O. The summed E-state index contributed by atoms with van der Waals surface area (Å²) in [6.45, 7) is 5.33. The lowest BCUT2D eigenvalue weighted by molar-refractivity contribution is -0.130. The Balaban J connectivity index is 2.03. The number of carbonyl (C=O) groups is 1. The monoisotopic (exact) mass is 210 g/mol. The predicted octanol–water partition coefficient (Wildman–Crippen LogP) is 1.37. The summed E-state index contributed by atoms with van der Waals surface area (Å²) in [5, 5.41) is 0. The summed E-state index contributed by atoms with van der Waals surface area (Å²) in [6.07, 6.45) is 4.26. The molecule has 1 heterocycles. The second-order valence-electron chi connectivity index (χ2n) is 5.18. The predicted molar refractivity (Wildman–Crippen MR) is 60.3 cm³/mol. The molecule has 1 saturated heterocycles. The molecule has 2 aliphatic rings. The van der Waals surface area contributed by atoms with Gasteiger partial charge >= 0.3 is 0 Å². The summed E-state index contributed by atoms with van der Waals surface area (Å²) in [5.74, 6) is 1.74. The normalized spacial score (nSPS) is 41.5. The molecule has 4 atom stereocenters. The van der Waals surface area contributed by atoms with Crippen molar-refractivity contribution in [2.24, 2.45) is 17.6 Å². The van der Waals surface area contributed by atoms with Crippen molar-refractivity contribution in [2.45, 2.75) is 51.6 Å². The quantitative estimate of drug-likeness (QED) is 0.748. The van der Waals surface area contributed by atoms with E-state index in [0.29, 0.717) is 18.4 Å². The zero-order valence-electron chi connectivity index (χ0n) is 9.78. The molecule has 1 saturated carbocycles. The van der Waals surface area contributed by atoms with Crippen molar-refractivity contribution in [1.29, 1.82) is 0 Å². The first-order chi connectivity index (χ1) is 7.13. The van der Waals surface area contributed by atoms with Crippen LogP contribution in [-0.4, -0.2) is 29.4 Å². The summed E-state index contributed by atoms with van der Waals surface area (Å²) in [6, 6.07) is 0.543. The van der Waals surface area contributed by atoms with Gasteiger partial charge in [-0.1, -0.05) is 20.3 Å². The summed E-state index contributed by atoms with van der Waals surface area (Å²) in [4.78, 5) is 13.8. The van der Waals surface area contributed by atoms with Crippen LogP contribution in [0.15, 0.2) is 0 Å². The lowest BCUT2D eigenvalue weighted by Gasteiger charge is -2.29. The number of carbonyl (C=O) groups excluding carboxylic acids is 1. The van der Waals surface area contributed by atoms with Gasteiger partial charge in [-0.25, -0.2) is 0 Å². The molecule has 2 rings (SSSR count). The van der Waals surface area contributed by atoms with Gasteiger partial charge in [0.25, 0.3) is 0 Å². The number of nitrogens with zero attached hydrogens (tertiary/aromatic N) is 1. The van der Waals surface area contributed by atoms with Crippen LogP contribution in [0.1, 0.15) is 39.5 Å². The van der Waals surface area contributed by atoms with Crippen molar-refractivity contribution in [3.05, 3.63) is 0 Å². The van der Waals surface area contributed by atoms with Crippen LogP contribution in [0.4, 0.5) is 0 Å². The van der Waals surface area contributed by atoms with Gasteiger partial charge < -0.3 is 10.6 Å². The van der Waals surface area contributed by atoms with Crippen molar-refractivity contribution in [2.75, 3.05) is 6.54 Å². The van der Waals surface area contributed by atoms with Crippen molar-refractivity contribution in [1.82, 2.24) is 4.90 Å². The van der Waals surface area contributed by atoms with Crippen LogP contribution in [0.2, 0.25) is 0 Å². The standard InChI is InChI=1S/C12H22N2O/c1-3-9-4-5-11(8(9)2)14-7-10(13)6-12(14)15/h8-11H,3-7,13H2,1-2H3. The van der Waals surface area contributed by atoms with Crippen molar-refractivity contribution in [3.63, 3.8) is 0 Å². The Hall–Kier alpha value is -0.570. The van der Waals surface area contributed by atoms with Gasteiger partial charge in [-0.15, -0.1) is 0 Å². The Morgan fingerprint density at radius 2 is 2.20 bits per heavy atom. The summed E-state index contributed by atoms with van der Waals surface area (Å²) in [5.41, 5.74) is 5.83. The molecule has 3 nitrogen and oxygen atoms in total. The molecule has 15 heavy (non-hydrogen) atoms. The molecule has 0 bridgehead atoms. The van der Waals surface area contributed by atoms with E-state index in [2.05, 4.69) is 13.8 Å². The zero-order chi connectivity index (χ0) is 11.0. The third kappa shape index (κ3) is 1.89. The number of amides is 1. The molecule has 3 heteroatoms. The molecule has 0 aromatic heterocycles. The molecule has 2 fully saturated rings. The SMILES string of the molecule is CCC1CCC(N2CC(N)CC2=O)C1C. The van der Waals surface area contributed by atoms with Gasteiger partial charge in [-0.05, 0) is 24.7 Å². The van der Waals surface area contributed by atoms with Gasteiger partial charge in [0.2, 0.25) is 5.91 Å². The van der Waals surface area contributed by atoms with Crippen LogP contribution in [0.3, 0.4) is 0 Å². The van der Waals surface area contributed by atoms with Crippen molar-refractivity contribution in [3.8, 4) is 0 Å². The largest absolute Gasteiger partial charge is 0.338 e. The van der Waals surface area contributed by atoms with E-state index in [1.54, 1.807) is 0 Å². The average molecular weight is 210 g/mol. The van der Waals surface area contributed by atoms with Gasteiger partial charge in [-0.2, -0.15) is 0 Å². The first-order valence-corrected chi connectivity index (χ1v) is 6.18. The van der Waals surface area contributed by atoms with Crippen LogP contribution < -0.4 is 5.73 Å². The Labute approximate surface area is 92.0 Å². The van der Waals surface area contributed by atoms with E-state index in [0.717, 1.165) is 12.5 Å². The second kappa shape index (κ2) is 4.12. The smallest absolute Gasteiger partial charge is 0.224 e. The van der Waals surface area contributed by atoms with Gasteiger partial charge in [0.15, 0.2) is 0 Å². The highest BCUT2D eigenvalue weighted by Crippen LogP contribution is 2.38. The summed E-state index contributed by atoms with van der Waals surface area (Å²) >= 11 is 0. The van der Waals surface area contributed by atoms with E-state index in [1.165, 1.54) is 19.3 Å². The lowest BCUT2D eigenvalue weighted by Crippen LogP contribution is -2.40. The Morgan fingerprint density at radius 1 is 1.47 bits per heavy atom. The maximum absolute atomic E-state index is 11.8. The lowest BCUT2D eigenvalue weighted by atomic mass is 9.93. The van der Waals surface area contributed by atoms with E-state index in [1.807, 2.05) is 4.90 Å². The topological polar surface area (TPSA) is 46.3 Å². The van der Waals surface area contributed by atoms with Gasteiger partial charge in [0.05, 0.1) is 0 Å². The van der Waals surface area contributed by atoms with Crippen LogP contribution >= 0.6 is 0 Å². The second-order valence-corrected chi connectivity index (χ2v) is 5.18. The van der Waals surface area contributed by atoms with E-state index in [4.69, 9.17) is 5.73 Å². The molecule has 2 N–H and O–H groups in total. The highest BCUT2D eigenvalue weighted by atomic mass is 16.2. The summed E-state index contributed by atoms with van der Waals surface area (Å²) < 4.78 is 0. The van der Waals surface area contributed by atoms with E-state index >= 15 is 0 Å². The maximum atomic E-state index is 11.8. The van der Waals surface area contributed by atoms with Gasteiger partial charge in [0.1, 0.15) is 0 Å². The van der Waals surface area contributed by atoms with Crippen LogP contribution in [-0.2, 0) is 4.79 Å². The van der Waals surface area contributed by atoms with Crippen LogP contribution in [0.5, 0.6) is 0 Å². The maximum Gasteiger partial charge on any atom is 0.224 e. The fourth-order valence-corrected chi connectivity index (χ4v) is 3.32. The minimum atomic E-state index is 0.0744. The first-order valence-electron chi connectivity index (χ1n) is 6.18. The van der Waals surface area contributed by atoms with Crippen LogP contribution in [0.25, 0.3) is 0 Å². The minimum Gasteiger partial charge on any atom is -0.338 e. The summed E-state index contributed by atoms with van der Waals surface area (Å²) in [7, 11) is 0. The fourth-order valence-electron chi connectivity index (χ4n) is 3.32. The molecule has 1 aliphatic heterocycles. The fraction of sp³-hybridized carbons (Fsp3) is 0.917. The van der Waals surface area contributed by atoms with Crippen LogP contribution in [0, 0.1) is 11.8 Å². The number of hydrogen-bond acceptors (Lipinski definition) is 2. The molecule has 86 valence electrons. The molecule has 4 unspecified atom stereocenters. The Kier molecular flexibility index (Phi) is 3.01. The van der Waals surface area contributed by atoms with Gasteiger partial charge in [0, 0.05) is 25.0 Å². The Bertz CT molecular complexity index is 254. The third-order valence-corrected chi connectivity index (χ3v) is 4.30. The number of likely N-dealkylation sites (tertiary alicyclic amines) is 1. The molecule has 1 amide bonds. The van der Waals surface area contributed by atoms with E-state index in [-0.39, 0.29) is 11.9 Å². The first kappa shape index (κ1) is 10.9. The zero-order valence-corrected chi connectivity index (χ0v) is 9.78. The number of nitrogens with two attached hydrogens (primary N) is 1. The minimum absolute atomic E-state index is 0.0744. The third-order valence-electron chi connectivity index (χ3n) is 4.30. The highest BCUT2D eigenvalue weighted by Gasteiger charge is 2.40. The number of hydrogen-bond donors (Lipinski definition) is 1. The van der Waals surface area contributed by atoms with E-state index < -0.39 is 0 Å². The average Bonchev–Trinajstić information content (AvgIpc) is 2.69. The molecule has 1 aliphatic carbocycles. The van der Waals surface area contributed by atoms with E-state index in [9.17, 15) is 4.79 Å². The van der Waals surface area contributed by atoms with Gasteiger partial charge in [-0.3, -0.25) is 4.79 Å².